The highest BCUT2D eigenvalue weighted by molar-refractivity contribution is 6.37. The molecule has 0 fully saturated rings. The van der Waals surface area contributed by atoms with Gasteiger partial charge >= 0.3 is 0 Å². The van der Waals surface area contributed by atoms with E-state index < -0.39 is 0 Å². The highest BCUT2D eigenvalue weighted by Gasteiger charge is 2.12. The Balaban J connectivity index is 3.36. The molecule has 0 saturated carbocycles. The lowest BCUT2D eigenvalue weighted by atomic mass is 10.2. The van der Waals surface area contributed by atoms with Gasteiger partial charge in [0.25, 0.3) is 0 Å². The van der Waals surface area contributed by atoms with Crippen LogP contribution in [-0.4, -0.2) is 14.2 Å². The van der Waals surface area contributed by atoms with E-state index in [9.17, 15) is 0 Å². The number of benzene rings is 1. The Bertz CT molecular complexity index is 296. The summed E-state index contributed by atoms with van der Waals surface area (Å²) in [6.07, 6.45) is 0. The molecule has 1 aromatic rings. The summed E-state index contributed by atoms with van der Waals surface area (Å²) < 4.78 is 10.1. The lowest BCUT2D eigenvalue weighted by Gasteiger charge is -2.11. The number of hydrogen-bond acceptors (Lipinski definition) is 2. The third-order valence-corrected chi connectivity index (χ3v) is 2.73. The monoisotopic (exact) mass is 220 g/mol. The first-order valence-corrected chi connectivity index (χ1v) is 4.44. The first-order valence-electron chi connectivity index (χ1n) is 3.68. The van der Waals surface area contributed by atoms with Crippen LogP contribution < -0.4 is 9.47 Å². The Morgan fingerprint density at radius 1 is 1.00 bits per heavy atom. The van der Waals surface area contributed by atoms with E-state index in [1.54, 1.807) is 20.3 Å². The standard InChI is InChI=1S/C9H10Cl2O2/c1-5-8(10)6(12-2)4-7(13-3)9(5)11/h4H,1-3H3. The molecule has 1 aromatic carbocycles. The number of hydrogen-bond donors (Lipinski definition) is 0. The molecule has 0 atom stereocenters. The molecule has 0 aliphatic heterocycles. The van der Waals surface area contributed by atoms with Crippen molar-refractivity contribution in [2.24, 2.45) is 0 Å². The Hall–Kier alpha value is -0.600. The van der Waals surface area contributed by atoms with Crippen LogP contribution in [0.1, 0.15) is 5.56 Å². The van der Waals surface area contributed by atoms with Crippen molar-refractivity contribution in [3.8, 4) is 11.5 Å². The lowest BCUT2D eigenvalue weighted by Crippen LogP contribution is -1.92. The molecule has 0 bridgehead atoms. The quantitative estimate of drug-likeness (QED) is 0.762. The van der Waals surface area contributed by atoms with Crippen molar-refractivity contribution >= 4 is 23.2 Å². The van der Waals surface area contributed by atoms with Gasteiger partial charge in [0.15, 0.2) is 0 Å². The van der Waals surface area contributed by atoms with E-state index in [0.717, 1.165) is 5.56 Å². The third kappa shape index (κ3) is 1.84. The predicted octanol–water partition coefficient (Wildman–Crippen LogP) is 3.32. The van der Waals surface area contributed by atoms with Crippen molar-refractivity contribution in [1.29, 1.82) is 0 Å². The van der Waals surface area contributed by atoms with Crippen molar-refractivity contribution < 1.29 is 9.47 Å². The van der Waals surface area contributed by atoms with Crippen LogP contribution in [0.25, 0.3) is 0 Å². The molecule has 0 N–H and O–H groups in total. The van der Waals surface area contributed by atoms with Crippen molar-refractivity contribution in [1.82, 2.24) is 0 Å². The average Bonchev–Trinajstić information content (AvgIpc) is 2.15. The molecule has 2 nitrogen and oxygen atoms in total. The van der Waals surface area contributed by atoms with E-state index in [4.69, 9.17) is 32.7 Å². The summed E-state index contributed by atoms with van der Waals surface area (Å²) in [5, 5.41) is 1.04. The van der Waals surface area contributed by atoms with Crippen LogP contribution in [0.2, 0.25) is 10.0 Å². The minimum Gasteiger partial charge on any atom is -0.495 e. The van der Waals surface area contributed by atoms with E-state index in [1.165, 1.54) is 0 Å². The first kappa shape index (κ1) is 10.5. The van der Waals surface area contributed by atoms with Gasteiger partial charge in [0, 0.05) is 6.07 Å². The van der Waals surface area contributed by atoms with Gasteiger partial charge < -0.3 is 9.47 Å². The van der Waals surface area contributed by atoms with Crippen molar-refractivity contribution in [2.45, 2.75) is 6.92 Å². The fraction of sp³-hybridized carbons (Fsp3) is 0.333. The van der Waals surface area contributed by atoms with Crippen LogP contribution in [0.15, 0.2) is 6.07 Å². The zero-order valence-corrected chi connectivity index (χ0v) is 9.16. The zero-order chi connectivity index (χ0) is 10.0. The molecule has 0 spiro atoms. The van der Waals surface area contributed by atoms with Crippen LogP contribution in [0.5, 0.6) is 11.5 Å². The summed E-state index contributed by atoms with van der Waals surface area (Å²) in [5.74, 6) is 1.14. The minimum absolute atomic E-state index is 0.522. The zero-order valence-electron chi connectivity index (χ0n) is 7.65. The van der Waals surface area contributed by atoms with Gasteiger partial charge in [-0.3, -0.25) is 0 Å². The van der Waals surface area contributed by atoms with E-state index in [2.05, 4.69) is 0 Å². The fourth-order valence-corrected chi connectivity index (χ4v) is 1.51. The van der Waals surface area contributed by atoms with Crippen LogP contribution in [0.3, 0.4) is 0 Å². The number of halogens is 2. The van der Waals surface area contributed by atoms with Crippen molar-refractivity contribution in [3.05, 3.63) is 21.7 Å². The van der Waals surface area contributed by atoms with Gasteiger partial charge in [-0.15, -0.1) is 0 Å². The summed E-state index contributed by atoms with van der Waals surface area (Å²) in [5.41, 5.74) is 0.763. The Morgan fingerprint density at radius 3 is 1.69 bits per heavy atom. The second-order valence-electron chi connectivity index (χ2n) is 2.53. The van der Waals surface area contributed by atoms with Gasteiger partial charge in [-0.05, 0) is 12.5 Å². The molecule has 72 valence electrons. The molecule has 0 saturated heterocycles. The molecule has 0 aromatic heterocycles. The molecule has 13 heavy (non-hydrogen) atoms. The van der Waals surface area contributed by atoms with E-state index >= 15 is 0 Å². The van der Waals surface area contributed by atoms with E-state index in [1.807, 2.05) is 6.92 Å². The van der Waals surface area contributed by atoms with Gasteiger partial charge in [0.2, 0.25) is 0 Å². The molecule has 0 heterocycles. The maximum absolute atomic E-state index is 5.96. The third-order valence-electron chi connectivity index (χ3n) is 1.79. The minimum atomic E-state index is 0.522. The predicted molar refractivity (Wildman–Crippen MR) is 54.3 cm³/mol. The average molecular weight is 221 g/mol. The van der Waals surface area contributed by atoms with Gasteiger partial charge in [-0.1, -0.05) is 23.2 Å². The fourth-order valence-electron chi connectivity index (χ4n) is 1.01. The van der Waals surface area contributed by atoms with Gasteiger partial charge in [-0.2, -0.15) is 0 Å². The molecule has 0 amide bonds. The van der Waals surface area contributed by atoms with Gasteiger partial charge in [0.1, 0.15) is 11.5 Å². The topological polar surface area (TPSA) is 18.5 Å². The smallest absolute Gasteiger partial charge is 0.141 e. The number of methoxy groups -OCH3 is 2. The maximum atomic E-state index is 5.96. The van der Waals surface area contributed by atoms with Crippen LogP contribution in [0, 0.1) is 6.92 Å². The molecular weight excluding hydrogens is 211 g/mol. The Labute approximate surface area is 87.4 Å². The SMILES string of the molecule is COc1cc(OC)c(Cl)c(C)c1Cl. The largest absolute Gasteiger partial charge is 0.495 e. The molecule has 0 aliphatic rings. The van der Waals surface area contributed by atoms with Crippen LogP contribution >= 0.6 is 23.2 Å². The normalized spacial score (nSPS) is 9.92. The van der Waals surface area contributed by atoms with Gasteiger partial charge in [0.05, 0.1) is 24.3 Å². The second kappa shape index (κ2) is 4.07. The summed E-state index contributed by atoms with van der Waals surface area (Å²) in [6.45, 7) is 1.82. The Kier molecular flexibility index (Phi) is 3.28. The molecule has 1 rings (SSSR count). The number of ether oxygens (including phenoxy) is 2. The molecule has 0 radical (unpaired) electrons. The highest BCUT2D eigenvalue weighted by atomic mass is 35.5. The molecule has 0 unspecified atom stereocenters. The highest BCUT2D eigenvalue weighted by Crippen LogP contribution is 2.39. The second-order valence-corrected chi connectivity index (χ2v) is 3.29. The Morgan fingerprint density at radius 2 is 1.38 bits per heavy atom. The molecule has 0 aliphatic carbocycles. The van der Waals surface area contributed by atoms with E-state index in [0.29, 0.717) is 21.5 Å². The first-order chi connectivity index (χ1) is 6.11. The maximum Gasteiger partial charge on any atom is 0.141 e. The molecule has 4 heteroatoms. The summed E-state index contributed by atoms with van der Waals surface area (Å²) in [6, 6.07) is 1.66. The van der Waals surface area contributed by atoms with Crippen LogP contribution in [-0.2, 0) is 0 Å². The molecular formula is C9H10Cl2O2. The number of rotatable bonds is 2. The lowest BCUT2D eigenvalue weighted by molar-refractivity contribution is 0.394. The van der Waals surface area contributed by atoms with E-state index in [-0.39, 0.29) is 0 Å². The summed E-state index contributed by atoms with van der Waals surface area (Å²) in [4.78, 5) is 0. The van der Waals surface area contributed by atoms with Gasteiger partial charge in [-0.25, -0.2) is 0 Å². The van der Waals surface area contributed by atoms with Crippen LogP contribution in [0.4, 0.5) is 0 Å². The van der Waals surface area contributed by atoms with Crippen molar-refractivity contribution in [2.75, 3.05) is 14.2 Å². The van der Waals surface area contributed by atoms with Crippen molar-refractivity contribution in [3.63, 3.8) is 0 Å². The summed E-state index contributed by atoms with van der Waals surface area (Å²) >= 11 is 11.9. The summed E-state index contributed by atoms with van der Waals surface area (Å²) in [7, 11) is 3.10.